The molecule has 0 spiro atoms. The van der Waals surface area contributed by atoms with Gasteiger partial charge in [0.25, 0.3) is 0 Å². The highest BCUT2D eigenvalue weighted by molar-refractivity contribution is 7.98. The molecule has 0 amide bonds. The molecule has 1 aliphatic rings. The predicted octanol–water partition coefficient (Wildman–Crippen LogP) is 1.67. The highest BCUT2D eigenvalue weighted by Gasteiger charge is 2.21. The van der Waals surface area contributed by atoms with Crippen molar-refractivity contribution in [1.82, 2.24) is 10.2 Å². The lowest BCUT2D eigenvalue weighted by atomic mass is 10.0. The van der Waals surface area contributed by atoms with Crippen LogP contribution in [0.2, 0.25) is 0 Å². The van der Waals surface area contributed by atoms with Crippen LogP contribution in [0.15, 0.2) is 0 Å². The molecule has 1 unspecified atom stereocenters. The summed E-state index contributed by atoms with van der Waals surface area (Å²) in [5.41, 5.74) is 0. The van der Waals surface area contributed by atoms with Gasteiger partial charge in [0, 0.05) is 38.0 Å². The molecular formula is C11H24N2S. The summed E-state index contributed by atoms with van der Waals surface area (Å²) in [4.78, 5) is 2.66. The second-order valence-electron chi connectivity index (χ2n) is 4.52. The van der Waals surface area contributed by atoms with Crippen LogP contribution in [0.25, 0.3) is 0 Å². The maximum Gasteiger partial charge on any atom is 0.0223 e. The van der Waals surface area contributed by atoms with Crippen LogP contribution in [0.4, 0.5) is 0 Å². The van der Waals surface area contributed by atoms with Crippen molar-refractivity contribution in [3.05, 3.63) is 0 Å². The largest absolute Gasteiger partial charge is 0.314 e. The first-order chi connectivity index (χ1) is 6.74. The summed E-state index contributed by atoms with van der Waals surface area (Å²) in [5, 5.41) is 3.50. The number of hydrogen-bond donors (Lipinski definition) is 1. The van der Waals surface area contributed by atoms with Gasteiger partial charge in [-0.05, 0) is 18.6 Å². The van der Waals surface area contributed by atoms with Crippen molar-refractivity contribution in [3.63, 3.8) is 0 Å². The summed E-state index contributed by atoms with van der Waals surface area (Å²) < 4.78 is 0. The van der Waals surface area contributed by atoms with Gasteiger partial charge in [-0.1, -0.05) is 13.8 Å². The second kappa shape index (κ2) is 6.70. The lowest BCUT2D eigenvalue weighted by Crippen LogP contribution is -2.52. The fraction of sp³-hybridized carbons (Fsp3) is 1.00. The summed E-state index contributed by atoms with van der Waals surface area (Å²) in [6.07, 6.45) is 3.53. The molecule has 1 atom stereocenters. The van der Waals surface area contributed by atoms with E-state index in [0.29, 0.717) is 0 Å². The zero-order valence-corrected chi connectivity index (χ0v) is 10.6. The van der Waals surface area contributed by atoms with Gasteiger partial charge in [-0.3, -0.25) is 4.90 Å². The smallest absolute Gasteiger partial charge is 0.0223 e. The second-order valence-corrected chi connectivity index (χ2v) is 5.50. The first-order valence-electron chi connectivity index (χ1n) is 5.67. The summed E-state index contributed by atoms with van der Waals surface area (Å²) >= 11 is 1.95. The zero-order chi connectivity index (χ0) is 10.4. The molecule has 1 saturated heterocycles. The minimum absolute atomic E-state index is 0.774. The average molecular weight is 216 g/mol. The average Bonchev–Trinajstić information content (AvgIpc) is 2.16. The van der Waals surface area contributed by atoms with E-state index in [-0.39, 0.29) is 0 Å². The Morgan fingerprint density at radius 2 is 2.29 bits per heavy atom. The Morgan fingerprint density at radius 1 is 1.50 bits per heavy atom. The molecule has 0 aliphatic carbocycles. The summed E-state index contributed by atoms with van der Waals surface area (Å²) in [7, 11) is 0. The fourth-order valence-corrected chi connectivity index (χ4v) is 2.50. The molecule has 84 valence electrons. The molecule has 1 N–H and O–H groups in total. The van der Waals surface area contributed by atoms with Crippen LogP contribution in [0.1, 0.15) is 20.3 Å². The van der Waals surface area contributed by atoms with E-state index in [1.165, 1.54) is 38.4 Å². The van der Waals surface area contributed by atoms with Crippen LogP contribution in [0.3, 0.4) is 0 Å². The monoisotopic (exact) mass is 216 g/mol. The van der Waals surface area contributed by atoms with Gasteiger partial charge >= 0.3 is 0 Å². The van der Waals surface area contributed by atoms with Crippen molar-refractivity contribution in [1.29, 1.82) is 0 Å². The van der Waals surface area contributed by atoms with Gasteiger partial charge in [0.15, 0.2) is 0 Å². The molecule has 1 fully saturated rings. The highest BCUT2D eigenvalue weighted by Crippen LogP contribution is 2.13. The molecule has 0 aromatic rings. The minimum Gasteiger partial charge on any atom is -0.314 e. The lowest BCUT2D eigenvalue weighted by Gasteiger charge is -2.37. The molecule has 0 bridgehead atoms. The quantitative estimate of drug-likeness (QED) is 0.752. The van der Waals surface area contributed by atoms with E-state index >= 15 is 0 Å². The van der Waals surface area contributed by atoms with Crippen molar-refractivity contribution in [2.45, 2.75) is 26.3 Å². The third kappa shape index (κ3) is 4.20. The maximum atomic E-state index is 3.50. The minimum atomic E-state index is 0.774. The van der Waals surface area contributed by atoms with Crippen molar-refractivity contribution in [2.24, 2.45) is 5.92 Å². The molecule has 1 aliphatic heterocycles. The van der Waals surface area contributed by atoms with Gasteiger partial charge in [0.1, 0.15) is 0 Å². The van der Waals surface area contributed by atoms with E-state index in [1.54, 1.807) is 0 Å². The Labute approximate surface area is 92.8 Å². The van der Waals surface area contributed by atoms with Crippen molar-refractivity contribution in [2.75, 3.05) is 38.2 Å². The number of piperazine rings is 1. The Bertz CT molecular complexity index is 150. The van der Waals surface area contributed by atoms with Crippen LogP contribution in [0.5, 0.6) is 0 Å². The molecule has 2 nitrogen and oxygen atoms in total. The van der Waals surface area contributed by atoms with E-state index in [0.717, 1.165) is 12.0 Å². The molecular weight excluding hydrogens is 192 g/mol. The number of hydrogen-bond acceptors (Lipinski definition) is 3. The zero-order valence-electron chi connectivity index (χ0n) is 9.75. The fourth-order valence-electron chi connectivity index (χ4n) is 2.08. The number of nitrogens with zero attached hydrogens (tertiary/aromatic N) is 1. The topological polar surface area (TPSA) is 15.3 Å². The Hall–Kier alpha value is 0.270. The Morgan fingerprint density at radius 3 is 2.93 bits per heavy atom. The third-order valence-corrected chi connectivity index (χ3v) is 3.39. The van der Waals surface area contributed by atoms with E-state index in [9.17, 15) is 0 Å². The molecule has 0 radical (unpaired) electrons. The molecule has 0 aromatic carbocycles. The van der Waals surface area contributed by atoms with Crippen molar-refractivity contribution < 1.29 is 0 Å². The third-order valence-electron chi connectivity index (χ3n) is 2.80. The van der Waals surface area contributed by atoms with Gasteiger partial charge in [0.05, 0.1) is 0 Å². The molecule has 1 rings (SSSR count). The first-order valence-corrected chi connectivity index (χ1v) is 7.07. The normalized spacial score (nSPS) is 24.4. The van der Waals surface area contributed by atoms with Crippen LogP contribution >= 0.6 is 11.8 Å². The van der Waals surface area contributed by atoms with Crippen molar-refractivity contribution in [3.8, 4) is 0 Å². The van der Waals surface area contributed by atoms with Gasteiger partial charge in [0.2, 0.25) is 0 Å². The van der Waals surface area contributed by atoms with E-state index in [1.807, 2.05) is 11.8 Å². The standard InChI is InChI=1S/C11H24N2S/c1-10(2)8-11-9-12-4-5-13(11)6-7-14-3/h10-12H,4-9H2,1-3H3. The molecule has 0 saturated carbocycles. The van der Waals surface area contributed by atoms with Crippen LogP contribution in [-0.4, -0.2) is 49.1 Å². The molecule has 0 aromatic heterocycles. The van der Waals surface area contributed by atoms with Gasteiger partial charge in [-0.25, -0.2) is 0 Å². The van der Waals surface area contributed by atoms with Crippen LogP contribution in [-0.2, 0) is 0 Å². The Balaban J connectivity index is 2.33. The summed E-state index contributed by atoms with van der Waals surface area (Å²) in [6, 6.07) is 0.774. The van der Waals surface area contributed by atoms with Gasteiger partial charge in [-0.15, -0.1) is 0 Å². The number of rotatable bonds is 5. The maximum absolute atomic E-state index is 3.50. The van der Waals surface area contributed by atoms with Crippen LogP contribution < -0.4 is 5.32 Å². The summed E-state index contributed by atoms with van der Waals surface area (Å²) in [6.45, 7) is 9.50. The first kappa shape index (κ1) is 12.3. The van der Waals surface area contributed by atoms with E-state index in [2.05, 4.69) is 30.3 Å². The predicted molar refractivity (Wildman–Crippen MR) is 66.1 cm³/mol. The van der Waals surface area contributed by atoms with Gasteiger partial charge < -0.3 is 5.32 Å². The Kier molecular flexibility index (Phi) is 5.90. The SMILES string of the molecule is CSCCN1CCNCC1CC(C)C. The number of thioether (sulfide) groups is 1. The van der Waals surface area contributed by atoms with E-state index in [4.69, 9.17) is 0 Å². The highest BCUT2D eigenvalue weighted by atomic mass is 32.2. The molecule has 3 heteroatoms. The van der Waals surface area contributed by atoms with E-state index < -0.39 is 0 Å². The molecule has 14 heavy (non-hydrogen) atoms. The lowest BCUT2D eigenvalue weighted by molar-refractivity contribution is 0.151. The number of nitrogens with one attached hydrogen (secondary N) is 1. The molecule has 1 heterocycles. The van der Waals surface area contributed by atoms with Crippen molar-refractivity contribution >= 4 is 11.8 Å². The van der Waals surface area contributed by atoms with Gasteiger partial charge in [-0.2, -0.15) is 11.8 Å². The summed E-state index contributed by atoms with van der Waals surface area (Å²) in [5.74, 6) is 2.09. The van der Waals surface area contributed by atoms with Crippen LogP contribution in [0, 0.1) is 5.92 Å².